The van der Waals surface area contributed by atoms with E-state index in [4.69, 9.17) is 0 Å². The summed E-state index contributed by atoms with van der Waals surface area (Å²) in [6.45, 7) is 4.48. The van der Waals surface area contributed by atoms with Crippen LogP contribution in [0.3, 0.4) is 0 Å². The van der Waals surface area contributed by atoms with Gasteiger partial charge in [-0.2, -0.15) is 0 Å². The molecule has 1 heterocycles. The molecule has 0 radical (unpaired) electrons. The third kappa shape index (κ3) is 2.99. The summed E-state index contributed by atoms with van der Waals surface area (Å²) in [5.41, 5.74) is 6.98. The molecular weight excluding hydrogens is 292 g/mol. The zero-order valence-corrected chi connectivity index (χ0v) is 14.6. The number of rotatable bonds is 4. The molecule has 1 aromatic heterocycles. The van der Waals surface area contributed by atoms with Gasteiger partial charge >= 0.3 is 0 Å². The van der Waals surface area contributed by atoms with Crippen molar-refractivity contribution in [2.24, 2.45) is 0 Å². The third-order valence-corrected chi connectivity index (χ3v) is 5.23. The molecule has 124 valence electrons. The van der Waals surface area contributed by atoms with E-state index in [1.807, 2.05) is 0 Å². The van der Waals surface area contributed by atoms with Crippen LogP contribution in [0.5, 0.6) is 0 Å². The number of fused-ring (bicyclic) bond motifs is 3. The van der Waals surface area contributed by atoms with E-state index in [9.17, 15) is 0 Å². The van der Waals surface area contributed by atoms with Crippen LogP contribution in [0.25, 0.3) is 10.9 Å². The Balaban J connectivity index is 1.56. The van der Waals surface area contributed by atoms with Crippen LogP contribution in [0.4, 0.5) is 0 Å². The van der Waals surface area contributed by atoms with Crippen molar-refractivity contribution < 1.29 is 0 Å². The van der Waals surface area contributed by atoms with Gasteiger partial charge in [0.2, 0.25) is 0 Å². The van der Waals surface area contributed by atoms with Crippen LogP contribution >= 0.6 is 0 Å². The minimum atomic E-state index is 0.445. The molecular formula is C22H26N2. The lowest BCUT2D eigenvalue weighted by molar-refractivity contribution is 0.402. The smallest absolute Gasteiger partial charge is 0.0478 e. The Morgan fingerprint density at radius 1 is 1.17 bits per heavy atom. The fraction of sp³-hybridized carbons (Fsp3) is 0.364. The van der Waals surface area contributed by atoms with E-state index < -0.39 is 0 Å². The maximum atomic E-state index is 3.87. The van der Waals surface area contributed by atoms with E-state index in [1.54, 1.807) is 0 Å². The number of aryl methyl sites for hydroxylation is 2. The van der Waals surface area contributed by atoms with E-state index in [1.165, 1.54) is 52.5 Å². The molecule has 0 bridgehead atoms. The van der Waals surface area contributed by atoms with E-state index in [0.717, 1.165) is 6.42 Å². The molecule has 2 nitrogen and oxygen atoms in total. The van der Waals surface area contributed by atoms with Crippen LogP contribution in [0.15, 0.2) is 48.5 Å². The molecule has 2 N–H and O–H groups in total. The molecule has 0 unspecified atom stereocenters. The fourth-order valence-electron chi connectivity index (χ4n) is 4.11. The fourth-order valence-corrected chi connectivity index (χ4v) is 4.11. The summed E-state index contributed by atoms with van der Waals surface area (Å²) >= 11 is 0. The van der Waals surface area contributed by atoms with Crippen LogP contribution in [-0.2, 0) is 12.8 Å². The van der Waals surface area contributed by atoms with E-state index in [-0.39, 0.29) is 0 Å². The van der Waals surface area contributed by atoms with Crippen molar-refractivity contribution in [3.63, 3.8) is 0 Å². The first-order valence-corrected chi connectivity index (χ1v) is 9.12. The number of nitrogens with one attached hydrogen (secondary N) is 2. The molecule has 0 saturated carbocycles. The summed E-state index contributed by atoms with van der Waals surface area (Å²) in [6, 6.07) is 18.4. The van der Waals surface area contributed by atoms with Crippen molar-refractivity contribution in [1.82, 2.24) is 10.3 Å². The predicted molar refractivity (Wildman–Crippen MR) is 101 cm³/mol. The van der Waals surface area contributed by atoms with Gasteiger partial charge in [-0.3, -0.25) is 0 Å². The van der Waals surface area contributed by atoms with Gasteiger partial charge in [0.05, 0.1) is 0 Å². The first kappa shape index (κ1) is 15.5. The number of aromatic nitrogens is 1. The molecule has 1 aliphatic rings. The van der Waals surface area contributed by atoms with Crippen LogP contribution < -0.4 is 5.32 Å². The molecule has 0 fully saturated rings. The predicted octanol–water partition coefficient (Wildman–Crippen LogP) is 5.07. The zero-order valence-electron chi connectivity index (χ0n) is 14.6. The Kier molecular flexibility index (Phi) is 4.15. The highest BCUT2D eigenvalue weighted by molar-refractivity contribution is 5.85. The Morgan fingerprint density at radius 2 is 2.00 bits per heavy atom. The standard InChI is InChI=1S/C22H26N2/c1-15-11-12-20-19(13-15)18-9-6-10-21(22(18)24-20)23-16(2)14-17-7-4-3-5-8-17/h3-5,7-8,11-13,16,21,23-24H,6,9-10,14H2,1-2H3/t16-,21-/m1/s1. The number of benzene rings is 2. The Labute approximate surface area is 144 Å². The lowest BCUT2D eigenvalue weighted by atomic mass is 9.90. The van der Waals surface area contributed by atoms with Gasteiger partial charge in [0.1, 0.15) is 0 Å². The van der Waals surface area contributed by atoms with Gasteiger partial charge in [-0.25, -0.2) is 0 Å². The van der Waals surface area contributed by atoms with Gasteiger partial charge in [0.15, 0.2) is 0 Å². The van der Waals surface area contributed by atoms with E-state index in [2.05, 4.69) is 72.7 Å². The maximum Gasteiger partial charge on any atom is 0.0478 e. The lowest BCUT2D eigenvalue weighted by Gasteiger charge is -2.27. The van der Waals surface area contributed by atoms with Gasteiger partial charge in [-0.1, -0.05) is 42.0 Å². The quantitative estimate of drug-likeness (QED) is 0.690. The van der Waals surface area contributed by atoms with Crippen LogP contribution in [0.2, 0.25) is 0 Å². The van der Waals surface area contributed by atoms with E-state index in [0.29, 0.717) is 12.1 Å². The molecule has 0 spiro atoms. The summed E-state index contributed by atoms with van der Waals surface area (Å²) in [4.78, 5) is 3.70. The number of aromatic amines is 1. The van der Waals surface area contributed by atoms with Gasteiger partial charge in [-0.05, 0) is 62.8 Å². The minimum absolute atomic E-state index is 0.445. The van der Waals surface area contributed by atoms with Crippen LogP contribution in [0, 0.1) is 6.92 Å². The topological polar surface area (TPSA) is 27.8 Å². The van der Waals surface area contributed by atoms with Gasteiger partial charge < -0.3 is 10.3 Å². The Morgan fingerprint density at radius 3 is 2.83 bits per heavy atom. The summed E-state index contributed by atoms with van der Waals surface area (Å²) in [5.74, 6) is 0. The molecule has 1 aliphatic carbocycles. The Hall–Kier alpha value is -2.06. The molecule has 2 aromatic carbocycles. The second-order valence-corrected chi connectivity index (χ2v) is 7.27. The minimum Gasteiger partial charge on any atom is -0.357 e. The molecule has 24 heavy (non-hydrogen) atoms. The number of hydrogen-bond donors (Lipinski definition) is 2. The van der Waals surface area contributed by atoms with E-state index >= 15 is 0 Å². The highest BCUT2D eigenvalue weighted by atomic mass is 15.0. The second kappa shape index (κ2) is 6.45. The largest absolute Gasteiger partial charge is 0.357 e. The normalized spacial score (nSPS) is 18.5. The molecule has 3 aromatic rings. The maximum absolute atomic E-state index is 3.87. The highest BCUT2D eigenvalue weighted by Crippen LogP contribution is 2.35. The highest BCUT2D eigenvalue weighted by Gasteiger charge is 2.25. The average Bonchev–Trinajstić information content (AvgIpc) is 2.95. The SMILES string of the molecule is Cc1ccc2[nH]c3c(c2c1)CCC[C@H]3N[C@H](C)Cc1ccccc1. The van der Waals surface area contributed by atoms with Crippen molar-refractivity contribution in [2.75, 3.05) is 0 Å². The molecule has 2 atom stereocenters. The third-order valence-electron chi connectivity index (χ3n) is 5.23. The molecule has 0 amide bonds. The van der Waals surface area contributed by atoms with Crippen LogP contribution in [-0.4, -0.2) is 11.0 Å². The second-order valence-electron chi connectivity index (χ2n) is 7.27. The summed E-state index contributed by atoms with van der Waals surface area (Å²) in [5, 5.41) is 5.29. The molecule has 2 heteroatoms. The first-order chi connectivity index (χ1) is 11.7. The number of H-pyrrole nitrogens is 1. The van der Waals surface area contributed by atoms with Crippen molar-refractivity contribution in [1.29, 1.82) is 0 Å². The molecule has 0 aliphatic heterocycles. The first-order valence-electron chi connectivity index (χ1n) is 9.12. The van der Waals surface area contributed by atoms with Crippen molar-refractivity contribution >= 4 is 10.9 Å². The van der Waals surface area contributed by atoms with Crippen molar-refractivity contribution in [3.05, 3.63) is 70.9 Å². The van der Waals surface area contributed by atoms with Gasteiger partial charge in [0, 0.05) is 28.7 Å². The summed E-state index contributed by atoms with van der Waals surface area (Å²) in [7, 11) is 0. The van der Waals surface area contributed by atoms with Gasteiger partial charge in [-0.15, -0.1) is 0 Å². The van der Waals surface area contributed by atoms with Gasteiger partial charge in [0.25, 0.3) is 0 Å². The van der Waals surface area contributed by atoms with Crippen molar-refractivity contribution in [3.8, 4) is 0 Å². The monoisotopic (exact) mass is 318 g/mol. The molecule has 4 rings (SSSR count). The van der Waals surface area contributed by atoms with Crippen molar-refractivity contribution in [2.45, 2.75) is 51.6 Å². The zero-order chi connectivity index (χ0) is 16.5. The summed E-state index contributed by atoms with van der Waals surface area (Å²) < 4.78 is 0. The van der Waals surface area contributed by atoms with Crippen LogP contribution in [0.1, 0.15) is 48.2 Å². The lowest BCUT2D eigenvalue weighted by Crippen LogP contribution is -2.34. The number of hydrogen-bond acceptors (Lipinski definition) is 1. The summed E-state index contributed by atoms with van der Waals surface area (Å²) in [6.07, 6.45) is 4.76. The average molecular weight is 318 g/mol. The Bertz CT molecular complexity index is 832. The molecule has 0 saturated heterocycles.